The van der Waals surface area contributed by atoms with E-state index >= 15 is 0 Å². The smallest absolute Gasteiger partial charge is 0.142 e. The third kappa shape index (κ3) is 2.10. The van der Waals surface area contributed by atoms with Crippen LogP contribution in [0, 0.1) is 5.41 Å². The summed E-state index contributed by atoms with van der Waals surface area (Å²) in [5.41, 5.74) is 5.96. The van der Waals surface area contributed by atoms with E-state index in [1.807, 2.05) is 5.38 Å². The quantitative estimate of drug-likeness (QED) is 0.578. The first-order valence-electron chi connectivity index (χ1n) is 4.77. The molecule has 1 aliphatic rings. The first kappa shape index (κ1) is 9.61. The van der Waals surface area contributed by atoms with Gasteiger partial charge >= 0.3 is 0 Å². The van der Waals surface area contributed by atoms with E-state index in [1.165, 1.54) is 25.9 Å². The van der Waals surface area contributed by atoms with Gasteiger partial charge < -0.3 is 5.73 Å². The molecule has 0 aliphatic carbocycles. The minimum absolute atomic E-state index is 0.0638. The zero-order chi connectivity index (χ0) is 9.97. The molecule has 0 unspecified atom stereocenters. The lowest BCUT2D eigenvalue weighted by molar-refractivity contribution is 0.331. The maximum absolute atomic E-state index is 7.24. The first-order chi connectivity index (χ1) is 6.75. The van der Waals surface area contributed by atoms with Crippen molar-refractivity contribution in [3.05, 3.63) is 16.1 Å². The fraction of sp³-hybridized carbons (Fsp3) is 0.556. The van der Waals surface area contributed by atoms with E-state index in [-0.39, 0.29) is 5.84 Å². The van der Waals surface area contributed by atoms with Crippen molar-refractivity contribution in [1.82, 2.24) is 9.88 Å². The molecule has 0 amide bonds. The number of nitrogens with one attached hydrogen (secondary N) is 1. The second-order valence-electron chi connectivity index (χ2n) is 3.52. The molecule has 0 bridgehead atoms. The number of thiazole rings is 1. The summed E-state index contributed by atoms with van der Waals surface area (Å²) in [7, 11) is 0. The van der Waals surface area contributed by atoms with Gasteiger partial charge in [0.05, 0.1) is 6.54 Å². The van der Waals surface area contributed by atoms with Crippen LogP contribution in [0.3, 0.4) is 0 Å². The summed E-state index contributed by atoms with van der Waals surface area (Å²) < 4.78 is 0. The highest BCUT2D eigenvalue weighted by atomic mass is 32.1. The number of nitrogen functional groups attached to an aromatic ring is 1. The number of nitrogens with two attached hydrogens (primary N) is 1. The molecule has 2 heterocycles. The molecule has 5 heteroatoms. The predicted molar refractivity (Wildman–Crippen MR) is 57.6 cm³/mol. The third-order valence-corrected chi connectivity index (χ3v) is 3.22. The highest BCUT2D eigenvalue weighted by Crippen LogP contribution is 2.15. The van der Waals surface area contributed by atoms with Gasteiger partial charge in [-0.1, -0.05) is 0 Å². The maximum atomic E-state index is 7.24. The Labute approximate surface area is 87.3 Å². The van der Waals surface area contributed by atoms with E-state index in [4.69, 9.17) is 11.1 Å². The molecular weight excluding hydrogens is 196 g/mol. The van der Waals surface area contributed by atoms with Gasteiger partial charge in [0, 0.05) is 5.38 Å². The van der Waals surface area contributed by atoms with E-state index in [2.05, 4.69) is 9.88 Å². The SMILES string of the molecule is N=C(N)c1csc(CN2CCCC2)n1. The number of rotatable bonds is 3. The van der Waals surface area contributed by atoms with Gasteiger partial charge in [0.25, 0.3) is 0 Å². The first-order valence-corrected chi connectivity index (χ1v) is 5.65. The van der Waals surface area contributed by atoms with Crippen molar-refractivity contribution in [2.45, 2.75) is 19.4 Å². The van der Waals surface area contributed by atoms with Crippen molar-refractivity contribution < 1.29 is 0 Å². The molecule has 76 valence electrons. The van der Waals surface area contributed by atoms with Gasteiger partial charge in [0.15, 0.2) is 0 Å². The second kappa shape index (κ2) is 4.06. The summed E-state index contributed by atoms with van der Waals surface area (Å²) in [5, 5.41) is 10.2. The molecule has 1 aromatic rings. The average Bonchev–Trinajstić information content (AvgIpc) is 2.75. The summed E-state index contributed by atoms with van der Waals surface area (Å²) in [4.78, 5) is 6.69. The maximum Gasteiger partial charge on any atom is 0.142 e. The largest absolute Gasteiger partial charge is 0.382 e. The van der Waals surface area contributed by atoms with Crippen LogP contribution in [0.1, 0.15) is 23.5 Å². The molecule has 1 aromatic heterocycles. The summed E-state index contributed by atoms with van der Waals surface area (Å²) in [6.45, 7) is 3.27. The monoisotopic (exact) mass is 210 g/mol. The molecule has 1 aliphatic heterocycles. The second-order valence-corrected chi connectivity index (χ2v) is 4.47. The topological polar surface area (TPSA) is 66.0 Å². The highest BCUT2D eigenvalue weighted by Gasteiger charge is 2.13. The molecule has 1 saturated heterocycles. The van der Waals surface area contributed by atoms with Crippen molar-refractivity contribution >= 4 is 17.2 Å². The van der Waals surface area contributed by atoms with Crippen LogP contribution in [-0.4, -0.2) is 28.8 Å². The summed E-state index contributed by atoms with van der Waals surface area (Å²) in [6, 6.07) is 0. The number of hydrogen-bond donors (Lipinski definition) is 2. The number of amidine groups is 1. The van der Waals surface area contributed by atoms with Gasteiger partial charge in [-0.3, -0.25) is 10.3 Å². The van der Waals surface area contributed by atoms with Crippen LogP contribution in [0.15, 0.2) is 5.38 Å². The molecule has 3 N–H and O–H groups in total. The van der Waals surface area contributed by atoms with Crippen LogP contribution < -0.4 is 5.73 Å². The number of hydrogen-bond acceptors (Lipinski definition) is 4. The van der Waals surface area contributed by atoms with Gasteiger partial charge in [-0.15, -0.1) is 11.3 Å². The fourth-order valence-corrected chi connectivity index (χ4v) is 2.47. The Morgan fingerprint density at radius 2 is 2.29 bits per heavy atom. The van der Waals surface area contributed by atoms with Gasteiger partial charge in [0.2, 0.25) is 0 Å². The Morgan fingerprint density at radius 1 is 1.57 bits per heavy atom. The third-order valence-electron chi connectivity index (χ3n) is 2.39. The van der Waals surface area contributed by atoms with Gasteiger partial charge in [0.1, 0.15) is 16.5 Å². The lowest BCUT2D eigenvalue weighted by Crippen LogP contribution is -2.18. The summed E-state index contributed by atoms with van der Waals surface area (Å²) >= 11 is 1.59. The molecule has 1 fully saturated rings. The van der Waals surface area contributed by atoms with Crippen LogP contribution in [0.4, 0.5) is 0 Å². The van der Waals surface area contributed by atoms with Crippen LogP contribution >= 0.6 is 11.3 Å². The van der Waals surface area contributed by atoms with Crippen LogP contribution in [0.2, 0.25) is 0 Å². The molecule has 0 spiro atoms. The minimum Gasteiger partial charge on any atom is -0.382 e. The Balaban J connectivity index is 1.98. The van der Waals surface area contributed by atoms with Crippen LogP contribution in [0.25, 0.3) is 0 Å². The van der Waals surface area contributed by atoms with E-state index in [1.54, 1.807) is 11.3 Å². The normalized spacial score (nSPS) is 17.4. The molecule has 2 rings (SSSR count). The average molecular weight is 210 g/mol. The van der Waals surface area contributed by atoms with Crippen LogP contribution in [0.5, 0.6) is 0 Å². The molecular formula is C9H14N4S. The van der Waals surface area contributed by atoms with Gasteiger partial charge in [-0.25, -0.2) is 4.98 Å². The fourth-order valence-electron chi connectivity index (χ4n) is 1.64. The zero-order valence-electron chi connectivity index (χ0n) is 7.99. The summed E-state index contributed by atoms with van der Waals surface area (Å²) in [5.74, 6) is 0.0638. The molecule has 4 nitrogen and oxygen atoms in total. The summed E-state index contributed by atoms with van der Waals surface area (Å²) in [6.07, 6.45) is 2.59. The molecule has 0 aromatic carbocycles. The van der Waals surface area contributed by atoms with E-state index in [0.29, 0.717) is 5.69 Å². The van der Waals surface area contributed by atoms with Gasteiger partial charge in [-0.05, 0) is 25.9 Å². The lowest BCUT2D eigenvalue weighted by Gasteiger charge is -2.11. The standard InChI is InChI=1S/C9H14N4S/c10-9(11)7-6-14-8(12-7)5-13-3-1-2-4-13/h6H,1-5H2,(H3,10,11). The number of aromatic nitrogens is 1. The molecule has 0 radical (unpaired) electrons. The van der Waals surface area contributed by atoms with Crippen molar-refractivity contribution in [2.24, 2.45) is 5.73 Å². The Kier molecular flexibility index (Phi) is 2.79. The van der Waals surface area contributed by atoms with E-state index in [9.17, 15) is 0 Å². The zero-order valence-corrected chi connectivity index (χ0v) is 8.81. The Hall–Kier alpha value is -0.940. The van der Waals surface area contributed by atoms with Crippen molar-refractivity contribution in [2.75, 3.05) is 13.1 Å². The number of nitrogens with zero attached hydrogens (tertiary/aromatic N) is 2. The van der Waals surface area contributed by atoms with E-state index < -0.39 is 0 Å². The van der Waals surface area contributed by atoms with E-state index in [0.717, 1.165) is 11.6 Å². The van der Waals surface area contributed by atoms with Crippen molar-refractivity contribution in [3.8, 4) is 0 Å². The van der Waals surface area contributed by atoms with Crippen molar-refractivity contribution in [1.29, 1.82) is 5.41 Å². The highest BCUT2D eigenvalue weighted by molar-refractivity contribution is 7.09. The predicted octanol–water partition coefficient (Wildman–Crippen LogP) is 1.02. The molecule has 0 atom stereocenters. The van der Waals surface area contributed by atoms with Gasteiger partial charge in [-0.2, -0.15) is 0 Å². The Morgan fingerprint density at radius 3 is 2.86 bits per heavy atom. The number of likely N-dealkylation sites (tertiary alicyclic amines) is 1. The van der Waals surface area contributed by atoms with Crippen LogP contribution in [-0.2, 0) is 6.54 Å². The minimum atomic E-state index is 0.0638. The molecule has 0 saturated carbocycles. The lowest BCUT2D eigenvalue weighted by atomic mass is 10.4. The van der Waals surface area contributed by atoms with Crippen molar-refractivity contribution in [3.63, 3.8) is 0 Å². The Bertz CT molecular complexity index is 327. The molecule has 14 heavy (non-hydrogen) atoms.